The molecule has 2 fully saturated rings. The summed E-state index contributed by atoms with van der Waals surface area (Å²) >= 11 is 0. The normalized spacial score (nSPS) is 23.6. The maximum absolute atomic E-state index is 13.0. The lowest BCUT2D eigenvalue weighted by Gasteiger charge is -2.29. The molecule has 0 radical (unpaired) electrons. The predicted molar refractivity (Wildman–Crippen MR) is 112 cm³/mol. The second-order valence-corrected chi connectivity index (χ2v) is 7.93. The summed E-state index contributed by atoms with van der Waals surface area (Å²) in [5, 5.41) is 3.25. The molecule has 0 aromatic heterocycles. The van der Waals surface area contributed by atoms with Crippen molar-refractivity contribution in [3.8, 4) is 0 Å². The molecule has 0 saturated carbocycles. The smallest absolute Gasteiger partial charge is 0.226 e. The van der Waals surface area contributed by atoms with Crippen molar-refractivity contribution in [1.82, 2.24) is 21.1 Å². The van der Waals surface area contributed by atoms with E-state index in [4.69, 9.17) is 0 Å². The Morgan fingerprint density at radius 3 is 2.54 bits per heavy atom. The third-order valence-corrected chi connectivity index (χ3v) is 5.99. The highest BCUT2D eigenvalue weighted by Crippen LogP contribution is 2.27. The van der Waals surface area contributed by atoms with Crippen LogP contribution >= 0.6 is 0 Å². The number of hydrazine groups is 1. The van der Waals surface area contributed by atoms with Gasteiger partial charge in [-0.05, 0) is 44.0 Å². The first-order chi connectivity index (χ1) is 13.7. The van der Waals surface area contributed by atoms with Crippen LogP contribution in [0.2, 0.25) is 0 Å². The van der Waals surface area contributed by atoms with E-state index in [0.717, 1.165) is 18.7 Å². The Labute approximate surface area is 167 Å². The molecule has 3 atom stereocenters. The first-order valence-electron chi connectivity index (χ1n) is 10.3. The Kier molecular flexibility index (Phi) is 6.05. The van der Waals surface area contributed by atoms with Gasteiger partial charge in [0, 0.05) is 13.1 Å². The quantitative estimate of drug-likeness (QED) is 0.723. The fraction of sp³-hybridized carbons (Fsp3) is 0.435. The summed E-state index contributed by atoms with van der Waals surface area (Å²) in [5.74, 6) is 0.00214. The molecule has 3 N–H and O–H groups in total. The van der Waals surface area contributed by atoms with Crippen molar-refractivity contribution in [2.24, 2.45) is 5.92 Å². The van der Waals surface area contributed by atoms with Gasteiger partial charge in [0.2, 0.25) is 5.91 Å². The van der Waals surface area contributed by atoms with Crippen molar-refractivity contribution in [2.75, 3.05) is 26.2 Å². The van der Waals surface area contributed by atoms with Crippen LogP contribution in [-0.4, -0.2) is 37.0 Å². The molecule has 4 rings (SSSR count). The van der Waals surface area contributed by atoms with Crippen LogP contribution in [0.25, 0.3) is 0 Å². The number of aryl methyl sites for hydroxylation is 1. The molecule has 3 unspecified atom stereocenters. The summed E-state index contributed by atoms with van der Waals surface area (Å²) in [6.07, 6.45) is 2.48. The Morgan fingerprint density at radius 2 is 1.82 bits per heavy atom. The molecular weight excluding hydrogens is 348 g/mol. The second-order valence-electron chi connectivity index (χ2n) is 7.93. The summed E-state index contributed by atoms with van der Waals surface area (Å²) in [5.41, 5.74) is 10.1. The van der Waals surface area contributed by atoms with Gasteiger partial charge in [-0.2, -0.15) is 0 Å². The summed E-state index contributed by atoms with van der Waals surface area (Å²) in [6, 6.07) is 19.2. The third kappa shape index (κ3) is 4.27. The highest BCUT2D eigenvalue weighted by Gasteiger charge is 2.34. The topological polar surface area (TPSA) is 56.4 Å². The first kappa shape index (κ1) is 19.1. The van der Waals surface area contributed by atoms with Crippen molar-refractivity contribution in [2.45, 2.75) is 31.8 Å². The number of likely N-dealkylation sites (tertiary alicyclic amines) is 1. The maximum atomic E-state index is 13.0. The minimum Gasteiger partial charge on any atom is -0.354 e. The number of hydrogen-bond donors (Lipinski definition) is 3. The van der Waals surface area contributed by atoms with Crippen LogP contribution in [0.4, 0.5) is 0 Å². The number of carbonyl (C=O) groups excluding carboxylic acids is 1. The SMILES string of the molecule is Cc1ccc(C(CNC(=O)C2CNNC2c2ccccc2)N2CCCC2)cc1. The molecule has 5 nitrogen and oxygen atoms in total. The molecule has 2 aliphatic rings. The van der Waals surface area contributed by atoms with E-state index in [1.807, 2.05) is 18.2 Å². The van der Waals surface area contributed by atoms with Gasteiger partial charge in [-0.3, -0.25) is 15.1 Å². The van der Waals surface area contributed by atoms with E-state index in [-0.39, 0.29) is 23.9 Å². The van der Waals surface area contributed by atoms with Crippen molar-refractivity contribution in [3.05, 3.63) is 71.3 Å². The molecule has 148 valence electrons. The molecule has 2 aromatic rings. The van der Waals surface area contributed by atoms with Gasteiger partial charge < -0.3 is 5.32 Å². The fourth-order valence-electron chi connectivity index (χ4n) is 4.35. The van der Waals surface area contributed by atoms with E-state index in [1.165, 1.54) is 24.0 Å². The molecule has 1 amide bonds. The van der Waals surface area contributed by atoms with Crippen LogP contribution < -0.4 is 16.2 Å². The molecule has 2 aliphatic heterocycles. The number of amides is 1. The molecule has 0 spiro atoms. The fourth-order valence-corrected chi connectivity index (χ4v) is 4.35. The van der Waals surface area contributed by atoms with Crippen molar-refractivity contribution in [3.63, 3.8) is 0 Å². The van der Waals surface area contributed by atoms with E-state index in [9.17, 15) is 4.79 Å². The van der Waals surface area contributed by atoms with E-state index in [0.29, 0.717) is 13.1 Å². The zero-order chi connectivity index (χ0) is 19.3. The lowest BCUT2D eigenvalue weighted by atomic mass is 9.94. The van der Waals surface area contributed by atoms with Gasteiger partial charge in [0.15, 0.2) is 0 Å². The molecule has 28 heavy (non-hydrogen) atoms. The van der Waals surface area contributed by atoms with Gasteiger partial charge in [-0.1, -0.05) is 60.2 Å². The van der Waals surface area contributed by atoms with E-state index < -0.39 is 0 Å². The molecule has 0 bridgehead atoms. The van der Waals surface area contributed by atoms with Crippen LogP contribution in [0.15, 0.2) is 54.6 Å². The number of benzene rings is 2. The van der Waals surface area contributed by atoms with E-state index in [1.54, 1.807) is 0 Å². The summed E-state index contributed by atoms with van der Waals surface area (Å²) < 4.78 is 0. The molecule has 2 heterocycles. The minimum atomic E-state index is -0.111. The number of nitrogens with zero attached hydrogens (tertiary/aromatic N) is 1. The Morgan fingerprint density at radius 1 is 1.11 bits per heavy atom. The summed E-state index contributed by atoms with van der Waals surface area (Å²) in [6.45, 7) is 5.62. The monoisotopic (exact) mass is 378 g/mol. The Bertz CT molecular complexity index is 771. The van der Waals surface area contributed by atoms with Crippen molar-refractivity contribution in [1.29, 1.82) is 0 Å². The van der Waals surface area contributed by atoms with Crippen LogP contribution in [0.1, 0.15) is 41.6 Å². The molecule has 2 saturated heterocycles. The van der Waals surface area contributed by atoms with Gasteiger partial charge in [0.25, 0.3) is 0 Å². The Balaban J connectivity index is 1.44. The zero-order valence-corrected chi connectivity index (χ0v) is 16.5. The zero-order valence-electron chi connectivity index (χ0n) is 16.5. The van der Waals surface area contributed by atoms with Crippen LogP contribution in [0.5, 0.6) is 0 Å². The van der Waals surface area contributed by atoms with Crippen molar-refractivity contribution >= 4 is 5.91 Å². The third-order valence-electron chi connectivity index (χ3n) is 5.99. The maximum Gasteiger partial charge on any atom is 0.226 e. The molecular formula is C23H30N4O. The largest absolute Gasteiger partial charge is 0.354 e. The van der Waals surface area contributed by atoms with Crippen molar-refractivity contribution < 1.29 is 4.79 Å². The summed E-state index contributed by atoms with van der Waals surface area (Å²) in [7, 11) is 0. The standard InChI is InChI=1S/C23H30N4O/c1-17-9-11-18(12-10-17)21(27-13-5-6-14-27)16-24-23(28)20-15-25-26-22(20)19-7-3-2-4-8-19/h2-4,7-12,20-22,25-26H,5-6,13-16H2,1H3,(H,24,28). The predicted octanol–water partition coefficient (Wildman–Crippen LogP) is 2.71. The first-order valence-corrected chi connectivity index (χ1v) is 10.3. The average Bonchev–Trinajstić information content (AvgIpc) is 3.42. The molecule has 5 heteroatoms. The van der Waals surface area contributed by atoms with Crippen LogP contribution in [-0.2, 0) is 4.79 Å². The minimum absolute atomic E-state index is 0.00538. The van der Waals surface area contributed by atoms with Gasteiger partial charge in [-0.25, -0.2) is 5.43 Å². The second kappa shape index (κ2) is 8.86. The van der Waals surface area contributed by atoms with E-state index in [2.05, 4.69) is 64.4 Å². The van der Waals surface area contributed by atoms with E-state index >= 15 is 0 Å². The van der Waals surface area contributed by atoms with Gasteiger partial charge in [0.05, 0.1) is 18.0 Å². The Hall–Kier alpha value is -2.21. The number of hydrogen-bond acceptors (Lipinski definition) is 4. The molecule has 2 aromatic carbocycles. The van der Waals surface area contributed by atoms with Crippen LogP contribution in [0.3, 0.4) is 0 Å². The van der Waals surface area contributed by atoms with Gasteiger partial charge >= 0.3 is 0 Å². The van der Waals surface area contributed by atoms with Gasteiger partial charge in [0.1, 0.15) is 0 Å². The summed E-state index contributed by atoms with van der Waals surface area (Å²) in [4.78, 5) is 15.5. The number of rotatable bonds is 6. The lowest BCUT2D eigenvalue weighted by molar-refractivity contribution is -0.125. The van der Waals surface area contributed by atoms with Gasteiger partial charge in [-0.15, -0.1) is 0 Å². The molecule has 0 aliphatic carbocycles. The highest BCUT2D eigenvalue weighted by atomic mass is 16.2. The van der Waals surface area contributed by atoms with Crippen LogP contribution in [0, 0.1) is 12.8 Å². The number of nitrogens with one attached hydrogen (secondary N) is 3. The highest BCUT2D eigenvalue weighted by molar-refractivity contribution is 5.80. The number of carbonyl (C=O) groups is 1. The average molecular weight is 379 g/mol. The lowest BCUT2D eigenvalue weighted by Crippen LogP contribution is -2.41.